The third kappa shape index (κ3) is 4.27. The Morgan fingerprint density at radius 3 is 2.76 bits per heavy atom. The van der Waals surface area contributed by atoms with Gasteiger partial charge in [-0.15, -0.1) is 24.0 Å². The second-order valence-corrected chi connectivity index (χ2v) is 5.37. The summed E-state index contributed by atoms with van der Waals surface area (Å²) in [6.07, 6.45) is 1.50. The average Bonchev–Trinajstić information content (AvgIpc) is 3.12. The Kier molecular flexibility index (Phi) is 6.34. The number of nitrogens with one attached hydrogen (secondary N) is 2. The van der Waals surface area contributed by atoms with Crippen molar-refractivity contribution in [1.82, 2.24) is 25.4 Å². The predicted molar refractivity (Wildman–Crippen MR) is 104 cm³/mol. The number of guanidine groups is 1. The van der Waals surface area contributed by atoms with Crippen molar-refractivity contribution in [2.45, 2.75) is 20.0 Å². The lowest BCUT2D eigenvalue weighted by Gasteiger charge is -2.10. The fourth-order valence-electron chi connectivity index (χ4n) is 2.44. The number of benzene rings is 1. The minimum absolute atomic E-state index is 0. The van der Waals surface area contributed by atoms with E-state index in [1.165, 1.54) is 18.5 Å². The molecule has 0 aliphatic carbocycles. The molecule has 0 fully saturated rings. The highest BCUT2D eigenvalue weighted by molar-refractivity contribution is 14.0. The Balaban J connectivity index is 0.00000225. The molecule has 0 saturated heterocycles. The van der Waals surface area contributed by atoms with E-state index < -0.39 is 0 Å². The standard InChI is InChI=1S/C16H19FN6O.HI/c1-10-12-6-11(17)4-5-13(12)24-14(10)7-19-16(18-2)20-8-15-21-9-22-23(15)3;/h4-6,9H,7-8H2,1-3H3,(H2,18,19,20);1H. The van der Waals surface area contributed by atoms with Crippen LogP contribution >= 0.6 is 24.0 Å². The van der Waals surface area contributed by atoms with Gasteiger partial charge in [-0.1, -0.05) is 0 Å². The van der Waals surface area contributed by atoms with Crippen molar-refractivity contribution in [3.05, 3.63) is 47.5 Å². The summed E-state index contributed by atoms with van der Waals surface area (Å²) in [4.78, 5) is 8.31. The number of aliphatic imine (C=N–C) groups is 1. The normalized spacial score (nSPS) is 11.4. The van der Waals surface area contributed by atoms with Gasteiger partial charge in [0.2, 0.25) is 0 Å². The van der Waals surface area contributed by atoms with Crippen molar-refractivity contribution in [2.75, 3.05) is 7.05 Å². The van der Waals surface area contributed by atoms with E-state index in [9.17, 15) is 4.39 Å². The molecule has 0 aliphatic rings. The molecular weight excluding hydrogens is 438 g/mol. The number of hydrogen-bond donors (Lipinski definition) is 2. The van der Waals surface area contributed by atoms with Crippen LogP contribution in [0.3, 0.4) is 0 Å². The van der Waals surface area contributed by atoms with Crippen molar-refractivity contribution in [3.8, 4) is 0 Å². The summed E-state index contributed by atoms with van der Waals surface area (Å²) in [5.41, 5.74) is 1.59. The number of aryl methyl sites for hydroxylation is 2. The topological polar surface area (TPSA) is 80.3 Å². The number of fused-ring (bicyclic) bond motifs is 1. The van der Waals surface area contributed by atoms with E-state index in [1.807, 2.05) is 14.0 Å². The van der Waals surface area contributed by atoms with E-state index in [1.54, 1.807) is 17.8 Å². The van der Waals surface area contributed by atoms with Gasteiger partial charge < -0.3 is 15.1 Å². The van der Waals surface area contributed by atoms with Crippen LogP contribution < -0.4 is 10.6 Å². The summed E-state index contributed by atoms with van der Waals surface area (Å²) in [6, 6.07) is 4.52. The minimum Gasteiger partial charge on any atom is -0.459 e. The molecule has 2 aromatic heterocycles. The first-order valence-corrected chi connectivity index (χ1v) is 7.53. The zero-order chi connectivity index (χ0) is 17.1. The Morgan fingerprint density at radius 1 is 1.32 bits per heavy atom. The van der Waals surface area contributed by atoms with Crippen LogP contribution in [0, 0.1) is 12.7 Å². The predicted octanol–water partition coefficient (Wildman–Crippen LogP) is 2.49. The summed E-state index contributed by atoms with van der Waals surface area (Å²) in [7, 11) is 3.52. The highest BCUT2D eigenvalue weighted by atomic mass is 127. The van der Waals surface area contributed by atoms with E-state index >= 15 is 0 Å². The van der Waals surface area contributed by atoms with E-state index in [-0.39, 0.29) is 29.8 Å². The largest absolute Gasteiger partial charge is 0.459 e. The number of hydrogen-bond acceptors (Lipinski definition) is 4. The molecule has 0 unspecified atom stereocenters. The van der Waals surface area contributed by atoms with Gasteiger partial charge >= 0.3 is 0 Å². The molecular formula is C16H20FIN6O. The summed E-state index contributed by atoms with van der Waals surface area (Å²) in [5.74, 6) is 1.89. The van der Waals surface area contributed by atoms with Crippen LogP contribution in [0.4, 0.5) is 4.39 Å². The molecule has 0 saturated carbocycles. The van der Waals surface area contributed by atoms with Gasteiger partial charge in [0, 0.05) is 25.0 Å². The first kappa shape index (κ1) is 19.2. The molecule has 7 nitrogen and oxygen atoms in total. The fourth-order valence-corrected chi connectivity index (χ4v) is 2.44. The molecule has 25 heavy (non-hydrogen) atoms. The van der Waals surface area contributed by atoms with Gasteiger partial charge in [-0.25, -0.2) is 9.37 Å². The molecule has 134 valence electrons. The van der Waals surface area contributed by atoms with Crippen LogP contribution in [0.2, 0.25) is 0 Å². The van der Waals surface area contributed by atoms with E-state index in [2.05, 4.69) is 25.7 Å². The maximum Gasteiger partial charge on any atom is 0.191 e. The van der Waals surface area contributed by atoms with Gasteiger partial charge in [0.1, 0.15) is 29.3 Å². The molecule has 2 N–H and O–H groups in total. The molecule has 0 amide bonds. The highest BCUT2D eigenvalue weighted by Gasteiger charge is 2.12. The van der Waals surface area contributed by atoms with Crippen molar-refractivity contribution in [2.24, 2.45) is 12.0 Å². The average molecular weight is 458 g/mol. The summed E-state index contributed by atoms with van der Waals surface area (Å²) >= 11 is 0. The van der Waals surface area contributed by atoms with Gasteiger partial charge in [0.25, 0.3) is 0 Å². The van der Waals surface area contributed by atoms with E-state index in [0.717, 1.165) is 22.5 Å². The van der Waals surface area contributed by atoms with Crippen molar-refractivity contribution in [3.63, 3.8) is 0 Å². The van der Waals surface area contributed by atoms with Crippen LogP contribution in [-0.4, -0.2) is 27.8 Å². The first-order valence-electron chi connectivity index (χ1n) is 7.53. The van der Waals surface area contributed by atoms with Gasteiger partial charge in [0.15, 0.2) is 5.96 Å². The smallest absolute Gasteiger partial charge is 0.191 e. The first-order chi connectivity index (χ1) is 11.6. The molecule has 3 aromatic rings. The molecule has 0 atom stereocenters. The molecule has 1 aromatic carbocycles. The lowest BCUT2D eigenvalue weighted by Crippen LogP contribution is -2.37. The van der Waals surface area contributed by atoms with Crippen LogP contribution in [0.15, 0.2) is 33.9 Å². The van der Waals surface area contributed by atoms with Gasteiger partial charge in [-0.05, 0) is 25.1 Å². The Labute approximate surface area is 161 Å². The lowest BCUT2D eigenvalue weighted by atomic mass is 10.1. The second kappa shape index (κ2) is 8.28. The summed E-state index contributed by atoms with van der Waals surface area (Å²) in [6.45, 7) is 2.86. The minimum atomic E-state index is -0.271. The third-order valence-electron chi connectivity index (χ3n) is 3.86. The van der Waals surface area contributed by atoms with Crippen LogP contribution in [0.1, 0.15) is 17.1 Å². The van der Waals surface area contributed by atoms with Gasteiger partial charge in [-0.2, -0.15) is 5.10 Å². The highest BCUT2D eigenvalue weighted by Crippen LogP contribution is 2.25. The molecule has 0 bridgehead atoms. The van der Waals surface area contributed by atoms with Gasteiger partial charge in [-0.3, -0.25) is 9.67 Å². The number of furan rings is 1. The number of aromatic nitrogens is 3. The monoisotopic (exact) mass is 458 g/mol. The SMILES string of the molecule is CN=C(NCc1oc2ccc(F)cc2c1C)NCc1ncnn1C.I. The summed E-state index contributed by atoms with van der Waals surface area (Å²) in [5, 5.41) is 11.1. The van der Waals surface area contributed by atoms with E-state index in [4.69, 9.17) is 4.42 Å². The quantitative estimate of drug-likeness (QED) is 0.357. The Morgan fingerprint density at radius 2 is 2.08 bits per heavy atom. The number of halogens is 2. The van der Waals surface area contributed by atoms with E-state index in [0.29, 0.717) is 24.6 Å². The maximum absolute atomic E-state index is 13.4. The molecule has 0 radical (unpaired) electrons. The van der Waals surface area contributed by atoms with Crippen LogP contribution in [0.5, 0.6) is 0 Å². The molecule has 0 spiro atoms. The number of nitrogens with zero attached hydrogens (tertiary/aromatic N) is 4. The molecule has 3 rings (SSSR count). The zero-order valence-electron chi connectivity index (χ0n) is 14.2. The van der Waals surface area contributed by atoms with Crippen molar-refractivity contribution >= 4 is 40.9 Å². The Bertz CT molecular complexity index is 888. The second-order valence-electron chi connectivity index (χ2n) is 5.37. The van der Waals surface area contributed by atoms with Crippen molar-refractivity contribution in [1.29, 1.82) is 0 Å². The molecule has 2 heterocycles. The summed E-state index contributed by atoms with van der Waals surface area (Å²) < 4.78 is 20.8. The van der Waals surface area contributed by atoms with Crippen LogP contribution in [0.25, 0.3) is 11.0 Å². The fraction of sp³-hybridized carbons (Fsp3) is 0.312. The number of rotatable bonds is 4. The lowest BCUT2D eigenvalue weighted by molar-refractivity contribution is 0.533. The Hall–Kier alpha value is -2.17. The van der Waals surface area contributed by atoms with Gasteiger partial charge in [0.05, 0.1) is 13.1 Å². The zero-order valence-corrected chi connectivity index (χ0v) is 16.5. The third-order valence-corrected chi connectivity index (χ3v) is 3.86. The molecule has 0 aliphatic heterocycles. The maximum atomic E-state index is 13.4. The van der Waals surface area contributed by atoms with Crippen LogP contribution in [-0.2, 0) is 20.1 Å². The molecule has 9 heteroatoms. The van der Waals surface area contributed by atoms with Crippen molar-refractivity contribution < 1.29 is 8.81 Å².